The molecule has 0 aromatic carbocycles. The van der Waals surface area contributed by atoms with Crippen LogP contribution in [0.4, 0.5) is 19.0 Å². The third-order valence-electron chi connectivity index (χ3n) is 1.90. The van der Waals surface area contributed by atoms with E-state index in [1.807, 2.05) is 0 Å². The van der Waals surface area contributed by atoms with E-state index < -0.39 is 17.4 Å². The van der Waals surface area contributed by atoms with E-state index in [0.29, 0.717) is 0 Å². The lowest BCUT2D eigenvalue weighted by Crippen LogP contribution is -2.35. The standard InChI is InChI=1S/C10H13F3N2O/c1-9(2,6-16)15-8-5-3-4-7(14-8)10(11,12)13/h3-5,16H,6H2,1-2H3,(H,14,15). The average molecular weight is 234 g/mol. The van der Waals surface area contributed by atoms with Crippen LogP contribution in [-0.4, -0.2) is 22.2 Å². The van der Waals surface area contributed by atoms with Gasteiger partial charge in [0.25, 0.3) is 0 Å². The van der Waals surface area contributed by atoms with Crippen molar-refractivity contribution in [2.75, 3.05) is 11.9 Å². The summed E-state index contributed by atoms with van der Waals surface area (Å²) in [5.41, 5.74) is -1.66. The normalized spacial score (nSPS) is 12.6. The maximum absolute atomic E-state index is 12.3. The van der Waals surface area contributed by atoms with Gasteiger partial charge in [-0.25, -0.2) is 4.98 Å². The van der Waals surface area contributed by atoms with Crippen LogP contribution >= 0.6 is 0 Å². The lowest BCUT2D eigenvalue weighted by atomic mass is 10.1. The van der Waals surface area contributed by atoms with Crippen molar-refractivity contribution in [3.05, 3.63) is 23.9 Å². The second-order valence-electron chi connectivity index (χ2n) is 4.07. The van der Waals surface area contributed by atoms with Gasteiger partial charge in [-0.15, -0.1) is 0 Å². The lowest BCUT2D eigenvalue weighted by Gasteiger charge is -2.24. The largest absolute Gasteiger partial charge is 0.433 e. The summed E-state index contributed by atoms with van der Waals surface area (Å²) in [5.74, 6) is 0.0916. The number of nitrogens with one attached hydrogen (secondary N) is 1. The average Bonchev–Trinajstić information content (AvgIpc) is 2.16. The van der Waals surface area contributed by atoms with E-state index in [9.17, 15) is 13.2 Å². The number of hydrogen-bond donors (Lipinski definition) is 2. The number of hydrogen-bond acceptors (Lipinski definition) is 3. The number of anilines is 1. The molecule has 1 rings (SSSR count). The summed E-state index contributed by atoms with van der Waals surface area (Å²) < 4.78 is 37.0. The number of aliphatic hydroxyl groups excluding tert-OH is 1. The third kappa shape index (κ3) is 3.37. The number of aliphatic hydroxyl groups is 1. The summed E-state index contributed by atoms with van der Waals surface area (Å²) in [4.78, 5) is 3.43. The minimum Gasteiger partial charge on any atom is -0.394 e. The number of rotatable bonds is 3. The van der Waals surface area contributed by atoms with Crippen LogP contribution in [0.5, 0.6) is 0 Å². The van der Waals surface area contributed by atoms with Crippen LogP contribution in [0.1, 0.15) is 19.5 Å². The van der Waals surface area contributed by atoms with E-state index in [0.717, 1.165) is 6.07 Å². The summed E-state index contributed by atoms with van der Waals surface area (Å²) in [6.07, 6.45) is -4.46. The van der Waals surface area contributed by atoms with Gasteiger partial charge in [0.1, 0.15) is 11.5 Å². The zero-order valence-corrected chi connectivity index (χ0v) is 8.97. The van der Waals surface area contributed by atoms with Gasteiger partial charge in [-0.1, -0.05) is 6.07 Å². The van der Waals surface area contributed by atoms with Gasteiger partial charge in [-0.3, -0.25) is 0 Å². The smallest absolute Gasteiger partial charge is 0.394 e. The lowest BCUT2D eigenvalue weighted by molar-refractivity contribution is -0.141. The summed E-state index contributed by atoms with van der Waals surface area (Å²) >= 11 is 0. The minimum atomic E-state index is -4.46. The van der Waals surface area contributed by atoms with Crippen molar-refractivity contribution in [3.8, 4) is 0 Å². The SMILES string of the molecule is CC(C)(CO)Nc1cccc(C(F)(F)F)n1. The molecular weight excluding hydrogens is 221 g/mol. The molecule has 0 atom stereocenters. The molecule has 0 aliphatic heterocycles. The Bertz CT molecular complexity index is 363. The highest BCUT2D eigenvalue weighted by atomic mass is 19.4. The van der Waals surface area contributed by atoms with Gasteiger partial charge in [0, 0.05) is 0 Å². The molecule has 0 amide bonds. The predicted molar refractivity (Wildman–Crippen MR) is 54.0 cm³/mol. The van der Waals surface area contributed by atoms with E-state index in [-0.39, 0.29) is 12.4 Å². The zero-order valence-electron chi connectivity index (χ0n) is 8.97. The molecule has 0 spiro atoms. The highest BCUT2D eigenvalue weighted by molar-refractivity contribution is 5.38. The molecule has 0 bridgehead atoms. The Labute approximate surface area is 91.3 Å². The third-order valence-corrected chi connectivity index (χ3v) is 1.90. The first-order valence-electron chi connectivity index (χ1n) is 4.68. The molecular formula is C10H13F3N2O. The van der Waals surface area contributed by atoms with Crippen molar-refractivity contribution in [1.29, 1.82) is 0 Å². The van der Waals surface area contributed by atoms with Crippen LogP contribution in [0.15, 0.2) is 18.2 Å². The molecule has 2 N–H and O–H groups in total. The number of halogens is 3. The molecule has 1 heterocycles. The number of aromatic nitrogens is 1. The molecule has 0 radical (unpaired) electrons. The van der Waals surface area contributed by atoms with Crippen molar-refractivity contribution in [3.63, 3.8) is 0 Å². The first kappa shape index (κ1) is 12.8. The first-order chi connectivity index (χ1) is 7.24. The number of nitrogens with zero attached hydrogens (tertiary/aromatic N) is 1. The maximum Gasteiger partial charge on any atom is 0.433 e. The fourth-order valence-corrected chi connectivity index (χ4v) is 1.05. The quantitative estimate of drug-likeness (QED) is 0.843. The van der Waals surface area contributed by atoms with Gasteiger partial charge in [0.2, 0.25) is 0 Å². The van der Waals surface area contributed by atoms with E-state index in [1.165, 1.54) is 12.1 Å². The molecule has 1 aromatic rings. The number of pyridine rings is 1. The predicted octanol–water partition coefficient (Wildman–Crippen LogP) is 2.28. The molecule has 0 unspecified atom stereocenters. The van der Waals surface area contributed by atoms with Crippen molar-refractivity contribution < 1.29 is 18.3 Å². The second kappa shape index (κ2) is 4.29. The number of alkyl halides is 3. The Morgan fingerprint density at radius 1 is 1.31 bits per heavy atom. The Morgan fingerprint density at radius 2 is 1.94 bits per heavy atom. The van der Waals surface area contributed by atoms with E-state index in [4.69, 9.17) is 5.11 Å². The van der Waals surface area contributed by atoms with Crippen molar-refractivity contribution >= 4 is 5.82 Å². The van der Waals surface area contributed by atoms with Crippen LogP contribution in [0.25, 0.3) is 0 Å². The fraction of sp³-hybridized carbons (Fsp3) is 0.500. The summed E-state index contributed by atoms with van der Waals surface area (Å²) in [6.45, 7) is 3.12. The van der Waals surface area contributed by atoms with Crippen LogP contribution < -0.4 is 5.32 Å². The van der Waals surface area contributed by atoms with Gasteiger partial charge in [-0.05, 0) is 26.0 Å². The van der Waals surface area contributed by atoms with Crippen LogP contribution in [0, 0.1) is 0 Å². The molecule has 0 saturated carbocycles. The van der Waals surface area contributed by atoms with Crippen LogP contribution in [0.3, 0.4) is 0 Å². The molecule has 0 aliphatic rings. The monoisotopic (exact) mass is 234 g/mol. The molecule has 90 valence electrons. The van der Waals surface area contributed by atoms with Crippen molar-refractivity contribution in [2.24, 2.45) is 0 Å². The Balaban J connectivity index is 2.92. The zero-order chi connectivity index (χ0) is 12.4. The second-order valence-corrected chi connectivity index (χ2v) is 4.07. The molecule has 3 nitrogen and oxygen atoms in total. The van der Waals surface area contributed by atoms with Gasteiger partial charge in [0.05, 0.1) is 12.1 Å². The van der Waals surface area contributed by atoms with Crippen molar-refractivity contribution in [2.45, 2.75) is 25.6 Å². The topological polar surface area (TPSA) is 45.1 Å². The van der Waals surface area contributed by atoms with Crippen LogP contribution in [-0.2, 0) is 6.18 Å². The molecule has 16 heavy (non-hydrogen) atoms. The van der Waals surface area contributed by atoms with Gasteiger partial charge in [-0.2, -0.15) is 13.2 Å². The Hall–Kier alpha value is -1.30. The van der Waals surface area contributed by atoms with Gasteiger partial charge >= 0.3 is 6.18 Å². The highest BCUT2D eigenvalue weighted by Crippen LogP contribution is 2.28. The van der Waals surface area contributed by atoms with E-state index in [1.54, 1.807) is 13.8 Å². The van der Waals surface area contributed by atoms with Gasteiger partial charge in [0.15, 0.2) is 0 Å². The van der Waals surface area contributed by atoms with E-state index >= 15 is 0 Å². The highest BCUT2D eigenvalue weighted by Gasteiger charge is 2.32. The maximum atomic E-state index is 12.3. The van der Waals surface area contributed by atoms with Crippen LogP contribution in [0.2, 0.25) is 0 Å². The first-order valence-corrected chi connectivity index (χ1v) is 4.68. The van der Waals surface area contributed by atoms with Crippen molar-refractivity contribution in [1.82, 2.24) is 4.98 Å². The Morgan fingerprint density at radius 3 is 2.44 bits per heavy atom. The van der Waals surface area contributed by atoms with E-state index in [2.05, 4.69) is 10.3 Å². The fourth-order valence-electron chi connectivity index (χ4n) is 1.05. The van der Waals surface area contributed by atoms with Gasteiger partial charge < -0.3 is 10.4 Å². The Kier molecular flexibility index (Phi) is 3.42. The summed E-state index contributed by atoms with van der Waals surface area (Å²) in [7, 11) is 0. The molecule has 0 aliphatic carbocycles. The molecule has 0 saturated heterocycles. The summed E-state index contributed by atoms with van der Waals surface area (Å²) in [6, 6.07) is 3.59. The molecule has 0 fully saturated rings. The molecule has 1 aromatic heterocycles. The summed E-state index contributed by atoms with van der Waals surface area (Å²) in [5, 5.41) is 11.7. The minimum absolute atomic E-state index is 0.0916. The molecule has 6 heteroatoms.